The van der Waals surface area contributed by atoms with E-state index in [0.29, 0.717) is 11.9 Å². The number of hydrogen-bond donors (Lipinski definition) is 0. The van der Waals surface area contributed by atoms with Crippen LogP contribution in [0, 0.1) is 0 Å². The molecule has 82 valence electrons. The second kappa shape index (κ2) is 4.90. The standard InChI is InChI=1S/C12H16O2S/c1-9(2)15-6-5-10-3-4-12-11(7-10)8-13-14-12/h3-4,7,9H,5-6,8H2,1-2H3. The smallest absolute Gasteiger partial charge is 0.171 e. The molecule has 0 fully saturated rings. The molecule has 15 heavy (non-hydrogen) atoms. The summed E-state index contributed by atoms with van der Waals surface area (Å²) in [7, 11) is 0. The average molecular weight is 224 g/mol. The lowest BCUT2D eigenvalue weighted by Crippen LogP contribution is -1.94. The molecule has 1 aromatic carbocycles. The Bertz CT molecular complexity index is 336. The summed E-state index contributed by atoms with van der Waals surface area (Å²) >= 11 is 2.00. The zero-order valence-corrected chi connectivity index (χ0v) is 9.97. The first-order chi connectivity index (χ1) is 7.25. The van der Waals surface area contributed by atoms with Crippen molar-refractivity contribution in [3.05, 3.63) is 29.3 Å². The highest BCUT2D eigenvalue weighted by atomic mass is 32.2. The van der Waals surface area contributed by atoms with Crippen LogP contribution in [0.2, 0.25) is 0 Å². The van der Waals surface area contributed by atoms with E-state index < -0.39 is 0 Å². The van der Waals surface area contributed by atoms with E-state index in [-0.39, 0.29) is 0 Å². The van der Waals surface area contributed by atoms with Crippen molar-refractivity contribution in [3.63, 3.8) is 0 Å². The average Bonchev–Trinajstić information content (AvgIpc) is 2.64. The largest absolute Gasteiger partial charge is 0.337 e. The Labute approximate surface area is 94.9 Å². The summed E-state index contributed by atoms with van der Waals surface area (Å²) in [5.41, 5.74) is 2.54. The maximum absolute atomic E-state index is 4.99. The van der Waals surface area contributed by atoms with E-state index in [4.69, 9.17) is 9.78 Å². The highest BCUT2D eigenvalue weighted by molar-refractivity contribution is 7.99. The number of hydrogen-bond acceptors (Lipinski definition) is 3. The molecule has 0 radical (unpaired) electrons. The van der Waals surface area contributed by atoms with Crippen molar-refractivity contribution in [2.24, 2.45) is 0 Å². The highest BCUT2D eigenvalue weighted by Crippen LogP contribution is 2.27. The van der Waals surface area contributed by atoms with Crippen molar-refractivity contribution in [2.75, 3.05) is 5.75 Å². The summed E-state index contributed by atoms with van der Waals surface area (Å²) in [6, 6.07) is 6.30. The molecule has 0 N–H and O–H groups in total. The van der Waals surface area contributed by atoms with Crippen molar-refractivity contribution >= 4 is 11.8 Å². The van der Waals surface area contributed by atoms with Gasteiger partial charge in [0, 0.05) is 5.56 Å². The number of benzene rings is 1. The number of rotatable bonds is 4. The molecule has 0 atom stereocenters. The van der Waals surface area contributed by atoms with Crippen LogP contribution in [0.25, 0.3) is 0 Å². The third-order valence-corrected chi connectivity index (χ3v) is 3.44. The summed E-state index contributed by atoms with van der Waals surface area (Å²) in [5.74, 6) is 2.05. The predicted molar refractivity (Wildman–Crippen MR) is 63.2 cm³/mol. The van der Waals surface area contributed by atoms with Crippen LogP contribution < -0.4 is 4.89 Å². The Kier molecular flexibility index (Phi) is 3.54. The first kappa shape index (κ1) is 10.8. The van der Waals surface area contributed by atoms with E-state index >= 15 is 0 Å². The second-order valence-corrected chi connectivity index (χ2v) is 5.64. The van der Waals surface area contributed by atoms with Gasteiger partial charge in [0.05, 0.1) is 0 Å². The maximum atomic E-state index is 4.99. The van der Waals surface area contributed by atoms with Gasteiger partial charge in [-0.1, -0.05) is 19.9 Å². The van der Waals surface area contributed by atoms with E-state index in [9.17, 15) is 0 Å². The van der Waals surface area contributed by atoms with E-state index in [1.807, 2.05) is 17.8 Å². The van der Waals surface area contributed by atoms with Crippen LogP contribution in [-0.2, 0) is 17.9 Å². The molecule has 1 aliphatic heterocycles. The van der Waals surface area contributed by atoms with Crippen LogP contribution in [-0.4, -0.2) is 11.0 Å². The predicted octanol–water partition coefficient (Wildman–Crippen LogP) is 3.19. The van der Waals surface area contributed by atoms with E-state index in [2.05, 4.69) is 26.0 Å². The molecule has 1 heterocycles. The lowest BCUT2D eigenvalue weighted by Gasteiger charge is -2.05. The first-order valence-corrected chi connectivity index (χ1v) is 6.33. The van der Waals surface area contributed by atoms with Gasteiger partial charge in [0.15, 0.2) is 5.75 Å². The molecule has 2 nitrogen and oxygen atoms in total. The van der Waals surface area contributed by atoms with Crippen LogP contribution in [0.15, 0.2) is 18.2 Å². The fourth-order valence-electron chi connectivity index (χ4n) is 1.55. The Morgan fingerprint density at radius 1 is 1.40 bits per heavy atom. The van der Waals surface area contributed by atoms with E-state index in [0.717, 1.165) is 12.2 Å². The Hall–Kier alpha value is -0.670. The second-order valence-electron chi connectivity index (χ2n) is 3.96. The normalized spacial score (nSPS) is 14.1. The molecule has 0 spiro atoms. The van der Waals surface area contributed by atoms with Gasteiger partial charge in [-0.2, -0.15) is 16.6 Å². The lowest BCUT2D eigenvalue weighted by atomic mass is 10.1. The van der Waals surface area contributed by atoms with Crippen molar-refractivity contribution in [1.82, 2.24) is 0 Å². The van der Waals surface area contributed by atoms with Crippen LogP contribution in [0.1, 0.15) is 25.0 Å². The molecule has 0 aliphatic carbocycles. The number of thioether (sulfide) groups is 1. The first-order valence-electron chi connectivity index (χ1n) is 5.28. The van der Waals surface area contributed by atoms with Gasteiger partial charge >= 0.3 is 0 Å². The van der Waals surface area contributed by atoms with Gasteiger partial charge in [0.25, 0.3) is 0 Å². The van der Waals surface area contributed by atoms with Gasteiger partial charge < -0.3 is 4.89 Å². The SMILES string of the molecule is CC(C)SCCc1ccc2c(c1)COO2. The van der Waals surface area contributed by atoms with Crippen molar-refractivity contribution in [1.29, 1.82) is 0 Å². The Morgan fingerprint density at radius 2 is 2.27 bits per heavy atom. The van der Waals surface area contributed by atoms with E-state index in [1.54, 1.807) is 0 Å². The molecule has 2 rings (SSSR count). The molecule has 0 aromatic heterocycles. The summed E-state index contributed by atoms with van der Waals surface area (Å²) in [6.45, 7) is 5.05. The van der Waals surface area contributed by atoms with Crippen LogP contribution in [0.4, 0.5) is 0 Å². The molecular weight excluding hydrogens is 208 g/mol. The topological polar surface area (TPSA) is 18.5 Å². The summed E-state index contributed by atoms with van der Waals surface area (Å²) in [4.78, 5) is 9.90. The summed E-state index contributed by atoms with van der Waals surface area (Å²) < 4.78 is 0. The maximum Gasteiger partial charge on any atom is 0.171 e. The zero-order valence-electron chi connectivity index (χ0n) is 9.16. The fourth-order valence-corrected chi connectivity index (χ4v) is 2.38. The lowest BCUT2D eigenvalue weighted by molar-refractivity contribution is -0.194. The van der Waals surface area contributed by atoms with Gasteiger partial charge in [-0.3, -0.25) is 0 Å². The molecule has 0 saturated carbocycles. The van der Waals surface area contributed by atoms with Gasteiger partial charge in [-0.25, -0.2) is 0 Å². The number of aryl methyl sites for hydroxylation is 1. The number of fused-ring (bicyclic) bond motifs is 1. The zero-order chi connectivity index (χ0) is 10.7. The highest BCUT2D eigenvalue weighted by Gasteiger charge is 2.13. The molecule has 0 unspecified atom stereocenters. The molecule has 3 heteroatoms. The van der Waals surface area contributed by atoms with Crippen LogP contribution in [0.5, 0.6) is 5.75 Å². The Balaban J connectivity index is 1.92. The van der Waals surface area contributed by atoms with Gasteiger partial charge in [-0.05, 0) is 35.1 Å². The van der Waals surface area contributed by atoms with Crippen molar-refractivity contribution in [3.8, 4) is 5.75 Å². The minimum absolute atomic E-state index is 0.584. The van der Waals surface area contributed by atoms with Gasteiger partial charge in [0.1, 0.15) is 6.61 Å². The van der Waals surface area contributed by atoms with E-state index in [1.165, 1.54) is 16.9 Å². The molecule has 0 saturated heterocycles. The minimum Gasteiger partial charge on any atom is -0.337 e. The molecule has 0 amide bonds. The van der Waals surface area contributed by atoms with Crippen molar-refractivity contribution < 1.29 is 9.78 Å². The molecule has 0 bridgehead atoms. The van der Waals surface area contributed by atoms with Crippen molar-refractivity contribution in [2.45, 2.75) is 32.1 Å². The van der Waals surface area contributed by atoms with Crippen LogP contribution in [0.3, 0.4) is 0 Å². The van der Waals surface area contributed by atoms with Gasteiger partial charge in [0.2, 0.25) is 0 Å². The summed E-state index contributed by atoms with van der Waals surface area (Å²) in [6.07, 6.45) is 1.12. The third kappa shape index (κ3) is 2.89. The third-order valence-electron chi connectivity index (χ3n) is 2.33. The monoisotopic (exact) mass is 224 g/mol. The minimum atomic E-state index is 0.584. The van der Waals surface area contributed by atoms with Gasteiger partial charge in [-0.15, -0.1) is 0 Å². The Morgan fingerprint density at radius 3 is 3.07 bits per heavy atom. The van der Waals surface area contributed by atoms with Crippen LogP contribution >= 0.6 is 11.8 Å². The summed E-state index contributed by atoms with van der Waals surface area (Å²) in [5, 5.41) is 0.714. The molecule has 1 aromatic rings. The fraction of sp³-hybridized carbons (Fsp3) is 0.500. The quantitative estimate of drug-likeness (QED) is 0.732. The molecular formula is C12H16O2S. The molecule has 1 aliphatic rings.